The molecule has 3 aromatic carbocycles. The molecule has 1 aromatic heterocycles. The summed E-state index contributed by atoms with van der Waals surface area (Å²) in [5.41, 5.74) is 4.83. The van der Waals surface area contributed by atoms with Crippen LogP contribution in [0.3, 0.4) is 0 Å². The van der Waals surface area contributed by atoms with Crippen LogP contribution >= 0.6 is 0 Å². The van der Waals surface area contributed by atoms with E-state index in [0.29, 0.717) is 0 Å². The molecule has 0 radical (unpaired) electrons. The molecule has 0 amide bonds. The van der Waals surface area contributed by atoms with E-state index in [4.69, 9.17) is 0 Å². The highest BCUT2D eigenvalue weighted by atomic mass is 32.3. The molecule has 3 nitrogen and oxygen atoms in total. The molecule has 0 aliphatic rings. The van der Waals surface area contributed by atoms with E-state index < -0.39 is 10.2 Å². The molecule has 0 atom stereocenters. The Morgan fingerprint density at radius 1 is 0.667 bits per heavy atom. The number of para-hydroxylation sites is 1. The lowest BCUT2D eigenvalue weighted by Gasteiger charge is -2.09. The summed E-state index contributed by atoms with van der Waals surface area (Å²) in [6, 6.07) is 27.8. The molecule has 134 valence electrons. The number of nitrogens with zero attached hydrogens (tertiary/aromatic N) is 1. The van der Waals surface area contributed by atoms with E-state index in [0.717, 1.165) is 28.1 Å². The molecule has 0 unspecified atom stereocenters. The first kappa shape index (κ1) is 17.2. The summed E-state index contributed by atoms with van der Waals surface area (Å²) in [4.78, 5) is -0.336. The van der Waals surface area contributed by atoms with E-state index in [1.54, 1.807) is 12.1 Å². The van der Waals surface area contributed by atoms with Crippen LogP contribution in [0.5, 0.6) is 0 Å². The summed E-state index contributed by atoms with van der Waals surface area (Å²) in [6.07, 6.45) is 2.00. The molecule has 0 saturated carbocycles. The minimum atomic E-state index is -4.70. The third kappa shape index (κ3) is 3.55. The molecule has 1 heterocycles. The zero-order valence-corrected chi connectivity index (χ0v) is 15.1. The minimum absolute atomic E-state index is 0.336. The Bertz CT molecular complexity index is 1110. The van der Waals surface area contributed by atoms with Crippen LogP contribution in [0.1, 0.15) is 0 Å². The molecule has 0 aliphatic heterocycles. The molecule has 27 heavy (non-hydrogen) atoms. The predicted octanol–water partition coefficient (Wildman–Crippen LogP) is 5.47. The van der Waals surface area contributed by atoms with Gasteiger partial charge in [-0.2, -0.15) is 8.42 Å². The molecule has 4 rings (SSSR count). The van der Waals surface area contributed by atoms with Crippen molar-refractivity contribution in [2.45, 2.75) is 4.90 Å². The second-order valence-corrected chi connectivity index (χ2v) is 7.49. The van der Waals surface area contributed by atoms with E-state index in [-0.39, 0.29) is 4.90 Å². The molecule has 0 saturated heterocycles. The summed E-state index contributed by atoms with van der Waals surface area (Å²) < 4.78 is 37.3. The van der Waals surface area contributed by atoms with E-state index in [9.17, 15) is 12.3 Å². The SMILES string of the molecule is O=S(=O)(F)c1ccc(-c2cc(-c3ccccc3)n(-c3ccccc3)c2)cc1. The molecule has 5 heteroatoms. The van der Waals surface area contributed by atoms with Gasteiger partial charge in [0.15, 0.2) is 0 Å². The molecule has 4 aromatic rings. The van der Waals surface area contributed by atoms with Crippen molar-refractivity contribution in [1.29, 1.82) is 0 Å². The zero-order chi connectivity index (χ0) is 18.9. The van der Waals surface area contributed by atoms with Crippen LogP contribution in [0.2, 0.25) is 0 Å². The lowest BCUT2D eigenvalue weighted by molar-refractivity contribution is 0.552. The lowest BCUT2D eigenvalue weighted by atomic mass is 10.1. The number of aromatic nitrogens is 1. The highest BCUT2D eigenvalue weighted by Crippen LogP contribution is 2.31. The highest BCUT2D eigenvalue weighted by Gasteiger charge is 2.14. The fraction of sp³-hybridized carbons (Fsp3) is 0. The summed E-state index contributed by atoms with van der Waals surface area (Å²) in [7, 11) is -4.70. The summed E-state index contributed by atoms with van der Waals surface area (Å²) in [5, 5.41) is 0. The van der Waals surface area contributed by atoms with Gasteiger partial charge in [0.05, 0.1) is 10.6 Å². The third-order valence-corrected chi connectivity index (χ3v) is 5.23. The Morgan fingerprint density at radius 3 is 1.85 bits per heavy atom. The summed E-state index contributed by atoms with van der Waals surface area (Å²) >= 11 is 0. The van der Waals surface area contributed by atoms with Crippen LogP contribution in [0.25, 0.3) is 28.1 Å². The Kier molecular flexibility index (Phi) is 4.38. The molecule has 0 aliphatic carbocycles. The van der Waals surface area contributed by atoms with Crippen LogP contribution in [-0.4, -0.2) is 13.0 Å². The molecule has 0 spiro atoms. The third-order valence-electron chi connectivity index (χ3n) is 4.39. The van der Waals surface area contributed by atoms with Crippen LogP contribution in [0.4, 0.5) is 3.89 Å². The number of halogens is 1. The van der Waals surface area contributed by atoms with Crippen LogP contribution in [-0.2, 0) is 10.2 Å². The summed E-state index contributed by atoms with van der Waals surface area (Å²) in [6.45, 7) is 0. The van der Waals surface area contributed by atoms with Gasteiger partial charge in [0.1, 0.15) is 0 Å². The molecular weight excluding hydrogens is 361 g/mol. The Balaban J connectivity index is 1.85. The van der Waals surface area contributed by atoms with Crippen LogP contribution < -0.4 is 0 Å². The molecule has 0 bridgehead atoms. The van der Waals surface area contributed by atoms with E-state index in [1.807, 2.05) is 72.9 Å². The minimum Gasteiger partial charge on any atom is -0.316 e. The summed E-state index contributed by atoms with van der Waals surface area (Å²) in [5.74, 6) is 0. The average molecular weight is 377 g/mol. The molecular formula is C22H16FNO2S. The molecule has 0 fully saturated rings. The topological polar surface area (TPSA) is 39.1 Å². The average Bonchev–Trinajstić information content (AvgIpc) is 3.14. The second-order valence-electron chi connectivity index (χ2n) is 6.15. The van der Waals surface area contributed by atoms with Crippen LogP contribution in [0.15, 0.2) is 102 Å². The van der Waals surface area contributed by atoms with Gasteiger partial charge in [-0.25, -0.2) is 0 Å². The second kappa shape index (κ2) is 6.85. The van der Waals surface area contributed by atoms with Crippen molar-refractivity contribution >= 4 is 10.2 Å². The smallest absolute Gasteiger partial charge is 0.316 e. The Morgan fingerprint density at radius 2 is 1.26 bits per heavy atom. The van der Waals surface area contributed by atoms with Gasteiger partial charge in [-0.3, -0.25) is 0 Å². The predicted molar refractivity (Wildman–Crippen MR) is 105 cm³/mol. The van der Waals surface area contributed by atoms with E-state index in [2.05, 4.69) is 4.57 Å². The van der Waals surface area contributed by atoms with Crippen LogP contribution in [0, 0.1) is 0 Å². The van der Waals surface area contributed by atoms with Gasteiger partial charge in [0.25, 0.3) is 0 Å². The quantitative estimate of drug-likeness (QED) is 0.442. The number of hydrogen-bond acceptors (Lipinski definition) is 2. The first-order valence-corrected chi connectivity index (χ1v) is 9.79. The van der Waals surface area contributed by atoms with Crippen molar-refractivity contribution in [2.24, 2.45) is 0 Å². The zero-order valence-electron chi connectivity index (χ0n) is 14.3. The fourth-order valence-corrected chi connectivity index (χ4v) is 3.53. The largest absolute Gasteiger partial charge is 0.332 e. The Hall–Kier alpha value is -3.18. The van der Waals surface area contributed by atoms with Crippen molar-refractivity contribution in [3.8, 4) is 28.1 Å². The van der Waals surface area contributed by atoms with Crippen molar-refractivity contribution < 1.29 is 12.3 Å². The number of benzene rings is 3. The molecule has 0 N–H and O–H groups in total. The van der Waals surface area contributed by atoms with Gasteiger partial charge >= 0.3 is 10.2 Å². The maximum absolute atomic E-state index is 13.1. The standard InChI is InChI=1S/C22H16FNO2S/c23-27(25,26)21-13-11-17(12-14-21)19-15-22(18-7-3-1-4-8-18)24(16-19)20-9-5-2-6-10-20/h1-16H. The van der Waals surface area contributed by atoms with E-state index >= 15 is 0 Å². The monoisotopic (exact) mass is 377 g/mol. The first-order chi connectivity index (χ1) is 13.0. The Labute approximate surface area is 157 Å². The maximum Gasteiger partial charge on any atom is 0.332 e. The van der Waals surface area contributed by atoms with Gasteiger partial charge in [0.2, 0.25) is 0 Å². The van der Waals surface area contributed by atoms with E-state index in [1.165, 1.54) is 12.1 Å². The van der Waals surface area contributed by atoms with Crippen molar-refractivity contribution in [3.05, 3.63) is 97.2 Å². The maximum atomic E-state index is 13.1. The normalized spacial score (nSPS) is 11.4. The van der Waals surface area contributed by atoms with Gasteiger partial charge in [-0.1, -0.05) is 60.7 Å². The number of hydrogen-bond donors (Lipinski definition) is 0. The van der Waals surface area contributed by atoms with Gasteiger partial charge in [-0.15, -0.1) is 3.89 Å². The van der Waals surface area contributed by atoms with Crippen molar-refractivity contribution in [3.63, 3.8) is 0 Å². The highest BCUT2D eigenvalue weighted by molar-refractivity contribution is 7.86. The first-order valence-electron chi connectivity index (χ1n) is 8.41. The van der Waals surface area contributed by atoms with Crippen molar-refractivity contribution in [1.82, 2.24) is 4.57 Å². The van der Waals surface area contributed by atoms with Gasteiger partial charge in [-0.05, 0) is 41.5 Å². The fourth-order valence-electron chi connectivity index (χ4n) is 3.06. The van der Waals surface area contributed by atoms with Gasteiger partial charge in [0, 0.05) is 17.4 Å². The van der Waals surface area contributed by atoms with Gasteiger partial charge < -0.3 is 4.57 Å². The lowest BCUT2D eigenvalue weighted by Crippen LogP contribution is -1.94. The number of rotatable bonds is 4. The van der Waals surface area contributed by atoms with Crippen molar-refractivity contribution in [2.75, 3.05) is 0 Å².